The molecule has 2 aromatic rings. The molecule has 2 rings (SSSR count). The van der Waals surface area contributed by atoms with E-state index in [-0.39, 0.29) is 24.9 Å². The fraction of sp³-hybridized carbons (Fsp3) is 0.294. The van der Waals surface area contributed by atoms with Gasteiger partial charge in [-0.15, -0.1) is 0 Å². The number of methoxy groups -OCH3 is 1. The largest absolute Gasteiger partial charge is 0.493 e. The van der Waals surface area contributed by atoms with Gasteiger partial charge in [-0.2, -0.15) is 0 Å². The van der Waals surface area contributed by atoms with Crippen molar-refractivity contribution < 1.29 is 19.5 Å². The average Bonchev–Trinajstić information content (AvgIpc) is 2.60. The lowest BCUT2D eigenvalue weighted by molar-refractivity contribution is -0.384. The summed E-state index contributed by atoms with van der Waals surface area (Å²) in [6.45, 7) is 2.11. The van der Waals surface area contributed by atoms with E-state index in [4.69, 9.17) is 14.6 Å². The van der Waals surface area contributed by atoms with Crippen molar-refractivity contribution in [3.05, 3.63) is 58.1 Å². The lowest BCUT2D eigenvalue weighted by Gasteiger charge is -2.18. The van der Waals surface area contributed by atoms with Gasteiger partial charge in [0.05, 0.1) is 18.6 Å². The second-order valence-corrected chi connectivity index (χ2v) is 5.15. The van der Waals surface area contributed by atoms with Crippen LogP contribution in [0, 0.1) is 10.1 Å². The van der Waals surface area contributed by atoms with E-state index < -0.39 is 4.92 Å². The molecule has 0 bridgehead atoms. The Hall–Kier alpha value is -2.80. The average molecular weight is 332 g/mol. The molecule has 24 heavy (non-hydrogen) atoms. The number of benzene rings is 2. The number of aliphatic hydroxyl groups excluding tert-OH is 1. The summed E-state index contributed by atoms with van der Waals surface area (Å²) >= 11 is 0. The Kier molecular flexibility index (Phi) is 5.97. The Morgan fingerprint density at radius 3 is 2.50 bits per heavy atom. The molecule has 0 aliphatic rings. The molecule has 128 valence electrons. The van der Waals surface area contributed by atoms with Crippen molar-refractivity contribution in [2.45, 2.75) is 13.0 Å². The minimum absolute atomic E-state index is 0.0350. The molecule has 1 unspecified atom stereocenters. The fourth-order valence-corrected chi connectivity index (χ4v) is 2.24. The molecule has 2 aromatic carbocycles. The van der Waals surface area contributed by atoms with Crippen LogP contribution in [-0.4, -0.2) is 30.4 Å². The van der Waals surface area contributed by atoms with Gasteiger partial charge >= 0.3 is 0 Å². The molecule has 0 fully saturated rings. The normalized spacial score (nSPS) is 11.6. The highest BCUT2D eigenvalue weighted by Crippen LogP contribution is 2.31. The van der Waals surface area contributed by atoms with Crippen LogP contribution >= 0.6 is 0 Å². The first kappa shape index (κ1) is 17.6. The van der Waals surface area contributed by atoms with E-state index in [1.165, 1.54) is 12.1 Å². The van der Waals surface area contributed by atoms with E-state index in [2.05, 4.69) is 5.32 Å². The summed E-state index contributed by atoms with van der Waals surface area (Å²) in [6.07, 6.45) is 0. The first-order chi connectivity index (χ1) is 11.5. The van der Waals surface area contributed by atoms with Crippen LogP contribution in [0.4, 0.5) is 11.4 Å². The van der Waals surface area contributed by atoms with E-state index in [1.807, 2.05) is 19.1 Å². The summed E-state index contributed by atoms with van der Waals surface area (Å²) in [5.41, 5.74) is 1.81. The summed E-state index contributed by atoms with van der Waals surface area (Å²) in [5.74, 6) is 1.15. The number of nitrogens with zero attached hydrogens (tertiary/aromatic N) is 1. The zero-order valence-corrected chi connectivity index (χ0v) is 13.6. The van der Waals surface area contributed by atoms with Crippen molar-refractivity contribution in [2.75, 3.05) is 25.6 Å². The van der Waals surface area contributed by atoms with E-state index in [1.54, 1.807) is 25.3 Å². The standard InChI is InChI=1S/C17H20N2O5/c1-12(18-14-4-6-15(7-5-14)19(21)22)13-3-8-16(24-10-9-20)17(11-13)23-2/h3-8,11-12,18,20H,9-10H2,1-2H3. The van der Waals surface area contributed by atoms with Crippen LogP contribution in [0.2, 0.25) is 0 Å². The molecule has 0 aliphatic heterocycles. The van der Waals surface area contributed by atoms with Gasteiger partial charge in [-0.25, -0.2) is 0 Å². The molecule has 7 heteroatoms. The first-order valence-electron chi connectivity index (χ1n) is 7.47. The maximum atomic E-state index is 10.7. The van der Waals surface area contributed by atoms with Gasteiger partial charge < -0.3 is 19.9 Å². The third kappa shape index (κ3) is 4.36. The van der Waals surface area contributed by atoms with Crippen LogP contribution < -0.4 is 14.8 Å². The molecular formula is C17H20N2O5. The summed E-state index contributed by atoms with van der Waals surface area (Å²) < 4.78 is 10.7. The number of hydrogen-bond acceptors (Lipinski definition) is 6. The highest BCUT2D eigenvalue weighted by atomic mass is 16.6. The molecule has 0 aromatic heterocycles. The maximum Gasteiger partial charge on any atom is 0.269 e. The summed E-state index contributed by atoms with van der Waals surface area (Å²) in [5, 5.41) is 22.8. The van der Waals surface area contributed by atoms with Gasteiger partial charge in [-0.1, -0.05) is 6.07 Å². The van der Waals surface area contributed by atoms with Gasteiger partial charge in [0.25, 0.3) is 5.69 Å². The third-order valence-corrected chi connectivity index (χ3v) is 3.50. The molecule has 0 saturated carbocycles. The number of non-ortho nitro benzene ring substituents is 1. The van der Waals surface area contributed by atoms with Gasteiger partial charge in [0.1, 0.15) is 6.61 Å². The number of nitrogens with one attached hydrogen (secondary N) is 1. The number of anilines is 1. The van der Waals surface area contributed by atoms with Crippen molar-refractivity contribution >= 4 is 11.4 Å². The van der Waals surface area contributed by atoms with Gasteiger partial charge in [0.2, 0.25) is 0 Å². The van der Waals surface area contributed by atoms with Crippen LogP contribution in [0.3, 0.4) is 0 Å². The van der Waals surface area contributed by atoms with Gasteiger partial charge in [-0.3, -0.25) is 10.1 Å². The molecule has 0 radical (unpaired) electrons. The minimum atomic E-state index is -0.427. The predicted octanol–water partition coefficient (Wildman–Crippen LogP) is 3.15. The smallest absolute Gasteiger partial charge is 0.269 e. The Labute approximate surface area is 140 Å². The minimum Gasteiger partial charge on any atom is -0.493 e. The number of ether oxygens (including phenoxy) is 2. The van der Waals surface area contributed by atoms with Gasteiger partial charge in [0, 0.05) is 23.9 Å². The quantitative estimate of drug-likeness (QED) is 0.570. The topological polar surface area (TPSA) is 93.9 Å². The zero-order chi connectivity index (χ0) is 17.5. The Bertz CT molecular complexity index is 688. The summed E-state index contributed by atoms with van der Waals surface area (Å²) in [6, 6.07) is 11.8. The number of rotatable bonds is 8. The maximum absolute atomic E-state index is 10.7. The molecule has 1 atom stereocenters. The Morgan fingerprint density at radius 1 is 1.21 bits per heavy atom. The molecule has 0 heterocycles. The highest BCUT2D eigenvalue weighted by Gasteiger charge is 2.11. The van der Waals surface area contributed by atoms with Crippen molar-refractivity contribution in [1.82, 2.24) is 0 Å². The van der Waals surface area contributed by atoms with Crippen molar-refractivity contribution in [3.8, 4) is 11.5 Å². The van der Waals surface area contributed by atoms with E-state index in [0.717, 1.165) is 11.3 Å². The number of nitro groups is 1. The molecular weight excluding hydrogens is 312 g/mol. The van der Waals surface area contributed by atoms with E-state index in [0.29, 0.717) is 11.5 Å². The van der Waals surface area contributed by atoms with Crippen LogP contribution in [0.5, 0.6) is 11.5 Å². The SMILES string of the molecule is COc1cc(C(C)Nc2ccc([N+](=O)[O-])cc2)ccc1OCCO. The first-order valence-corrected chi connectivity index (χ1v) is 7.47. The second-order valence-electron chi connectivity index (χ2n) is 5.15. The monoisotopic (exact) mass is 332 g/mol. The second kappa shape index (κ2) is 8.16. The number of aliphatic hydroxyl groups is 1. The summed E-state index contributed by atoms with van der Waals surface area (Å²) in [7, 11) is 1.55. The van der Waals surface area contributed by atoms with Crippen molar-refractivity contribution in [1.29, 1.82) is 0 Å². The Morgan fingerprint density at radius 2 is 1.92 bits per heavy atom. The van der Waals surface area contributed by atoms with Crippen LogP contribution in [0.1, 0.15) is 18.5 Å². The highest BCUT2D eigenvalue weighted by molar-refractivity contribution is 5.51. The van der Waals surface area contributed by atoms with Crippen LogP contribution in [0.15, 0.2) is 42.5 Å². The summed E-state index contributed by atoms with van der Waals surface area (Å²) in [4.78, 5) is 10.2. The molecule has 0 aliphatic carbocycles. The van der Waals surface area contributed by atoms with E-state index >= 15 is 0 Å². The predicted molar refractivity (Wildman–Crippen MR) is 90.7 cm³/mol. The third-order valence-electron chi connectivity index (χ3n) is 3.50. The van der Waals surface area contributed by atoms with Gasteiger partial charge in [-0.05, 0) is 36.8 Å². The fourth-order valence-electron chi connectivity index (χ4n) is 2.24. The van der Waals surface area contributed by atoms with Crippen LogP contribution in [-0.2, 0) is 0 Å². The lowest BCUT2D eigenvalue weighted by atomic mass is 10.1. The van der Waals surface area contributed by atoms with Crippen molar-refractivity contribution in [2.24, 2.45) is 0 Å². The molecule has 7 nitrogen and oxygen atoms in total. The molecule has 0 spiro atoms. The number of hydrogen-bond donors (Lipinski definition) is 2. The molecule has 2 N–H and O–H groups in total. The van der Waals surface area contributed by atoms with Crippen molar-refractivity contribution in [3.63, 3.8) is 0 Å². The zero-order valence-electron chi connectivity index (χ0n) is 13.6. The molecule has 0 saturated heterocycles. The Balaban J connectivity index is 2.11. The van der Waals surface area contributed by atoms with Gasteiger partial charge in [0.15, 0.2) is 11.5 Å². The lowest BCUT2D eigenvalue weighted by Crippen LogP contribution is -2.08. The number of nitro benzene ring substituents is 1. The molecule has 0 amide bonds. The van der Waals surface area contributed by atoms with Crippen LogP contribution in [0.25, 0.3) is 0 Å². The van der Waals surface area contributed by atoms with E-state index in [9.17, 15) is 10.1 Å².